The lowest BCUT2D eigenvalue weighted by molar-refractivity contribution is 0.552. The van der Waals surface area contributed by atoms with Gasteiger partial charge >= 0.3 is 0 Å². The minimum atomic E-state index is -0.738. The summed E-state index contributed by atoms with van der Waals surface area (Å²) in [4.78, 5) is 20.8. The van der Waals surface area contributed by atoms with Crippen LogP contribution in [0.5, 0.6) is 0 Å². The zero-order chi connectivity index (χ0) is 19.8. The van der Waals surface area contributed by atoms with Crippen molar-refractivity contribution in [3.05, 3.63) is 60.1 Å². The summed E-state index contributed by atoms with van der Waals surface area (Å²) in [7, 11) is 1.84. The van der Waals surface area contributed by atoms with Crippen LogP contribution < -0.4 is 11.1 Å². The Balaban J connectivity index is 1.88. The van der Waals surface area contributed by atoms with Gasteiger partial charge in [0.2, 0.25) is 5.95 Å². The maximum Gasteiger partial charge on any atom is 0.222 e. The van der Waals surface area contributed by atoms with Crippen molar-refractivity contribution >= 4 is 28.5 Å². The van der Waals surface area contributed by atoms with E-state index in [-0.39, 0.29) is 11.6 Å². The molecule has 0 aliphatic carbocycles. The van der Waals surface area contributed by atoms with Crippen LogP contribution in [0.1, 0.15) is 24.1 Å². The first kappa shape index (κ1) is 17.7. The maximum absolute atomic E-state index is 14.3. The minimum absolute atomic E-state index is 0.0589. The molecule has 0 aliphatic rings. The van der Waals surface area contributed by atoms with Crippen molar-refractivity contribution in [2.45, 2.75) is 12.8 Å². The summed E-state index contributed by atoms with van der Waals surface area (Å²) in [6.45, 7) is 1.75. The smallest absolute Gasteiger partial charge is 0.222 e. The zero-order valence-electron chi connectivity index (χ0n) is 15.1. The van der Waals surface area contributed by atoms with Gasteiger partial charge in [-0.1, -0.05) is 6.92 Å². The average Bonchev–Trinajstić information content (AvgIpc) is 3.05. The number of nitrogens with two attached hydrogens (primary N) is 1. The molecule has 4 rings (SSSR count). The molecular formula is C18H16F2N8. The van der Waals surface area contributed by atoms with E-state index in [1.807, 2.05) is 7.05 Å². The van der Waals surface area contributed by atoms with Crippen LogP contribution >= 0.6 is 0 Å². The summed E-state index contributed by atoms with van der Waals surface area (Å²) in [6, 6.07) is 0.804. The fraction of sp³-hybridized carbons (Fsp3) is 0.167. The number of hydrogen-bond donors (Lipinski definition) is 2. The van der Waals surface area contributed by atoms with Crippen molar-refractivity contribution < 1.29 is 8.78 Å². The SMILES string of the molecule is CC(c1ncc(F)cc1F)c1cncc2nc(N)nc(Nc3cn(C)cn3)c12. The molecule has 0 radical (unpaired) electrons. The van der Waals surface area contributed by atoms with Crippen LogP contribution in [0.2, 0.25) is 0 Å². The van der Waals surface area contributed by atoms with Crippen molar-refractivity contribution in [3.8, 4) is 0 Å². The molecule has 142 valence electrons. The Morgan fingerprint density at radius 2 is 1.96 bits per heavy atom. The van der Waals surface area contributed by atoms with Gasteiger partial charge in [0.1, 0.15) is 23.3 Å². The first-order valence-corrected chi connectivity index (χ1v) is 8.39. The highest BCUT2D eigenvalue weighted by atomic mass is 19.1. The highest BCUT2D eigenvalue weighted by Crippen LogP contribution is 2.34. The van der Waals surface area contributed by atoms with Crippen LogP contribution in [0, 0.1) is 11.6 Å². The van der Waals surface area contributed by atoms with E-state index in [1.54, 1.807) is 36.4 Å². The lowest BCUT2D eigenvalue weighted by atomic mass is 9.95. The number of halogens is 2. The molecule has 0 spiro atoms. The van der Waals surface area contributed by atoms with Gasteiger partial charge in [-0.2, -0.15) is 4.98 Å². The molecular weight excluding hydrogens is 366 g/mol. The third-order valence-corrected chi connectivity index (χ3v) is 4.32. The number of nitrogen functional groups attached to an aromatic ring is 1. The van der Waals surface area contributed by atoms with Crippen molar-refractivity contribution in [1.82, 2.24) is 29.5 Å². The topological polar surface area (TPSA) is 107 Å². The zero-order valence-corrected chi connectivity index (χ0v) is 15.1. The molecule has 4 aromatic heterocycles. The summed E-state index contributed by atoms with van der Waals surface area (Å²) in [6.07, 6.45) is 7.52. The molecule has 10 heteroatoms. The van der Waals surface area contributed by atoms with Crippen LogP contribution in [0.4, 0.5) is 26.4 Å². The number of imidazole rings is 1. The molecule has 0 bridgehead atoms. The predicted octanol–water partition coefficient (Wildman–Crippen LogP) is 2.91. The first-order chi connectivity index (χ1) is 13.4. The summed E-state index contributed by atoms with van der Waals surface area (Å²) >= 11 is 0. The molecule has 3 N–H and O–H groups in total. The Morgan fingerprint density at radius 1 is 1.14 bits per heavy atom. The number of hydrogen-bond acceptors (Lipinski definition) is 7. The first-order valence-electron chi connectivity index (χ1n) is 8.39. The highest BCUT2D eigenvalue weighted by Gasteiger charge is 2.21. The molecule has 1 atom stereocenters. The Bertz CT molecular complexity index is 1170. The number of fused-ring (bicyclic) bond motifs is 1. The molecule has 28 heavy (non-hydrogen) atoms. The standard InChI is InChI=1S/C18H16F2N8/c1-9(16-12(20)3-10(19)4-23-16)11-5-22-6-13-15(11)17(27-18(21)25-13)26-14-7-28(2)8-24-14/h3-9H,1-2H3,(H3,21,25,26,27). The number of nitrogens with one attached hydrogen (secondary N) is 1. The fourth-order valence-electron chi connectivity index (χ4n) is 3.04. The Hall–Kier alpha value is -3.69. The van der Waals surface area contributed by atoms with E-state index in [1.165, 1.54) is 0 Å². The Morgan fingerprint density at radius 3 is 2.68 bits per heavy atom. The molecule has 0 aromatic carbocycles. The summed E-state index contributed by atoms with van der Waals surface area (Å²) in [5, 5.41) is 3.72. The number of rotatable bonds is 4. The van der Waals surface area contributed by atoms with Gasteiger partial charge < -0.3 is 15.6 Å². The summed E-state index contributed by atoms with van der Waals surface area (Å²) in [5.41, 5.74) is 7.03. The van der Waals surface area contributed by atoms with E-state index < -0.39 is 17.6 Å². The van der Waals surface area contributed by atoms with Crippen LogP contribution in [0.15, 0.2) is 37.2 Å². The van der Waals surface area contributed by atoms with Gasteiger partial charge in [-0.05, 0) is 5.56 Å². The molecule has 0 aliphatic heterocycles. The van der Waals surface area contributed by atoms with Gasteiger partial charge in [-0.15, -0.1) is 0 Å². The van der Waals surface area contributed by atoms with Crippen molar-refractivity contribution in [2.24, 2.45) is 7.05 Å². The van der Waals surface area contributed by atoms with Crippen molar-refractivity contribution in [2.75, 3.05) is 11.1 Å². The van der Waals surface area contributed by atoms with E-state index in [4.69, 9.17) is 5.73 Å². The van der Waals surface area contributed by atoms with Crippen molar-refractivity contribution in [1.29, 1.82) is 0 Å². The van der Waals surface area contributed by atoms with Gasteiger partial charge in [-0.3, -0.25) is 9.97 Å². The fourth-order valence-corrected chi connectivity index (χ4v) is 3.04. The van der Waals surface area contributed by atoms with Crippen LogP contribution in [-0.4, -0.2) is 29.5 Å². The second-order valence-corrected chi connectivity index (χ2v) is 6.34. The lowest BCUT2D eigenvalue weighted by Crippen LogP contribution is -2.08. The minimum Gasteiger partial charge on any atom is -0.368 e. The van der Waals surface area contributed by atoms with Crippen molar-refractivity contribution in [3.63, 3.8) is 0 Å². The van der Waals surface area contributed by atoms with Gasteiger partial charge in [-0.25, -0.2) is 18.7 Å². The van der Waals surface area contributed by atoms with Crippen LogP contribution in [-0.2, 0) is 7.05 Å². The number of nitrogens with zero attached hydrogens (tertiary/aromatic N) is 6. The lowest BCUT2D eigenvalue weighted by Gasteiger charge is -2.16. The quantitative estimate of drug-likeness (QED) is 0.559. The largest absolute Gasteiger partial charge is 0.368 e. The Labute approximate surface area is 158 Å². The highest BCUT2D eigenvalue weighted by molar-refractivity contribution is 5.94. The van der Waals surface area contributed by atoms with E-state index in [2.05, 4.69) is 30.2 Å². The molecule has 4 aromatic rings. The van der Waals surface area contributed by atoms with Crippen LogP contribution in [0.3, 0.4) is 0 Å². The average molecular weight is 382 g/mol. The van der Waals surface area contributed by atoms with Gasteiger partial charge in [0.05, 0.1) is 35.3 Å². The number of aryl methyl sites for hydroxylation is 1. The summed E-state index contributed by atoms with van der Waals surface area (Å²) in [5.74, 6) is -0.980. The number of anilines is 3. The van der Waals surface area contributed by atoms with Crippen LogP contribution in [0.25, 0.3) is 10.9 Å². The third-order valence-electron chi connectivity index (χ3n) is 4.32. The number of aromatic nitrogens is 6. The van der Waals surface area contributed by atoms with Gasteiger partial charge in [0.15, 0.2) is 0 Å². The predicted molar refractivity (Wildman–Crippen MR) is 99.9 cm³/mol. The molecule has 0 saturated carbocycles. The van der Waals surface area contributed by atoms with E-state index >= 15 is 0 Å². The van der Waals surface area contributed by atoms with E-state index in [0.717, 1.165) is 12.3 Å². The molecule has 0 amide bonds. The Kier molecular flexibility index (Phi) is 4.30. The molecule has 0 saturated heterocycles. The second kappa shape index (κ2) is 6.80. The molecule has 4 heterocycles. The van der Waals surface area contributed by atoms with E-state index in [9.17, 15) is 8.78 Å². The monoisotopic (exact) mass is 382 g/mol. The molecule has 1 unspecified atom stereocenters. The summed E-state index contributed by atoms with van der Waals surface area (Å²) < 4.78 is 29.3. The number of pyridine rings is 2. The maximum atomic E-state index is 14.3. The molecule has 8 nitrogen and oxygen atoms in total. The second-order valence-electron chi connectivity index (χ2n) is 6.34. The van der Waals surface area contributed by atoms with Gasteiger partial charge in [0, 0.05) is 31.4 Å². The van der Waals surface area contributed by atoms with Gasteiger partial charge in [0.25, 0.3) is 0 Å². The van der Waals surface area contributed by atoms with E-state index in [0.29, 0.717) is 28.1 Å². The normalized spacial score (nSPS) is 12.3. The molecule has 0 fully saturated rings. The third kappa shape index (κ3) is 3.20.